The first-order chi connectivity index (χ1) is 32.7. The molecule has 15 heteroatoms. The van der Waals surface area contributed by atoms with Crippen molar-refractivity contribution in [2.24, 2.45) is 29.0 Å². The summed E-state index contributed by atoms with van der Waals surface area (Å²) in [5.41, 5.74) is 23.2. The number of likely N-dealkylation sites (N-methyl/N-ethyl adjacent to an activating group) is 1. The van der Waals surface area contributed by atoms with Crippen molar-refractivity contribution < 1.29 is 38.2 Å². The number of rotatable bonds is 22. The van der Waals surface area contributed by atoms with E-state index in [2.05, 4.69) is 12.2 Å². The number of nitrogens with one attached hydrogen (secondary N) is 1. The molecule has 1 aromatic heterocycles. The molecule has 4 bridgehead atoms. The molecule has 362 valence electrons. The van der Waals surface area contributed by atoms with Crippen LogP contribution in [0.4, 0.5) is 0 Å². The minimum absolute atomic E-state index is 0.0308. The van der Waals surface area contributed by atoms with E-state index in [1.807, 2.05) is 49.4 Å². The third kappa shape index (κ3) is 13.6. The van der Waals surface area contributed by atoms with Gasteiger partial charge in [-0.2, -0.15) is 5.26 Å². The van der Waals surface area contributed by atoms with Crippen molar-refractivity contribution in [2.75, 3.05) is 46.5 Å². The SMILES string of the molecule is CCCCCOc1ccc(-c2cc(C)c(C(=O)C[C@@H](CCN)C(=O)N(C)[C@@H]3C(=O)C[C@@H](C)C(=O)N[C@H](C(=O)CCC#N)Cc4ccc(OCCN)c(c4)-c4cc3ccc4OCCN)c(C)n2)cc1. The fraction of sp³-hybridized carbons (Fsp3) is 0.453. The summed E-state index contributed by atoms with van der Waals surface area (Å²) in [6, 6.07) is 19.8. The lowest BCUT2D eigenvalue weighted by atomic mass is 9.87. The van der Waals surface area contributed by atoms with Gasteiger partial charge in [-0.3, -0.25) is 29.0 Å². The number of benzene rings is 3. The molecule has 0 radical (unpaired) electrons. The minimum Gasteiger partial charge on any atom is -0.494 e. The molecule has 1 aliphatic heterocycles. The molecule has 0 fully saturated rings. The van der Waals surface area contributed by atoms with Gasteiger partial charge in [0.1, 0.15) is 36.5 Å². The largest absolute Gasteiger partial charge is 0.494 e. The van der Waals surface area contributed by atoms with Gasteiger partial charge < -0.3 is 41.6 Å². The molecule has 0 spiro atoms. The first kappa shape index (κ1) is 52.5. The van der Waals surface area contributed by atoms with Crippen LogP contribution in [0.2, 0.25) is 0 Å². The third-order valence-corrected chi connectivity index (χ3v) is 12.2. The van der Waals surface area contributed by atoms with E-state index in [1.54, 1.807) is 44.2 Å². The van der Waals surface area contributed by atoms with E-state index < -0.39 is 41.5 Å². The summed E-state index contributed by atoms with van der Waals surface area (Å²) in [4.78, 5) is 77.4. The molecule has 0 aliphatic carbocycles. The molecule has 4 aromatic rings. The van der Waals surface area contributed by atoms with E-state index in [9.17, 15) is 29.2 Å². The van der Waals surface area contributed by atoms with Gasteiger partial charge in [0.05, 0.1) is 24.4 Å². The average molecular weight is 930 g/mol. The second-order valence-electron chi connectivity index (χ2n) is 17.4. The van der Waals surface area contributed by atoms with Gasteiger partial charge in [0.25, 0.3) is 0 Å². The maximum atomic E-state index is 14.9. The van der Waals surface area contributed by atoms with E-state index in [-0.39, 0.29) is 82.9 Å². The number of hydrogen-bond donors (Lipinski definition) is 4. The van der Waals surface area contributed by atoms with Crippen LogP contribution >= 0.6 is 0 Å². The number of nitriles is 1. The Hall–Kier alpha value is -6.47. The number of ether oxygens (including phenoxy) is 3. The molecule has 2 amide bonds. The van der Waals surface area contributed by atoms with E-state index in [1.165, 1.54) is 11.9 Å². The number of amides is 2. The normalized spacial score (nSPS) is 16.4. The molecular weight excluding hydrogens is 863 g/mol. The van der Waals surface area contributed by atoms with Crippen LogP contribution in [0.25, 0.3) is 22.4 Å². The second-order valence-corrected chi connectivity index (χ2v) is 17.4. The standard InChI is InChI=1S/C53H67N7O8/c1-6-7-8-24-66-40-15-12-37(13-16-40)43-27-33(2)50(35(4)58-43)46(62)32-39(19-21-55)53(65)60(5)51-38-14-18-49(68-26-23-57)42(31-38)41-29-36(11-17-48(41)67-25-22-56)30-44(45(61)10-9-20-54)59-52(64)34(3)28-47(51)63/h11-18,27,29,31,34,39,44,51H,6-10,19,21-26,28,30,32,55-57H2,1-5H3,(H,59,64)/t34-,39-,44+,51+/m1/s1. The number of nitrogens with zero attached hydrogens (tertiary/aromatic N) is 3. The zero-order chi connectivity index (χ0) is 49.3. The maximum Gasteiger partial charge on any atom is 0.226 e. The van der Waals surface area contributed by atoms with Crippen LogP contribution < -0.4 is 36.7 Å². The quantitative estimate of drug-likeness (QED) is 0.0485. The Bertz CT molecular complexity index is 2430. The second kappa shape index (κ2) is 25.6. The van der Waals surface area contributed by atoms with E-state index in [0.717, 1.165) is 30.6 Å². The Morgan fingerprint density at radius 1 is 0.868 bits per heavy atom. The topological polar surface area (TPSA) is 243 Å². The highest BCUT2D eigenvalue weighted by Crippen LogP contribution is 2.41. The molecule has 0 unspecified atom stereocenters. The molecule has 2 heterocycles. The zero-order valence-electron chi connectivity index (χ0n) is 40.1. The molecule has 1 aliphatic rings. The first-order valence-electron chi connectivity index (χ1n) is 23.6. The van der Waals surface area contributed by atoms with Crippen molar-refractivity contribution in [1.29, 1.82) is 5.26 Å². The monoisotopic (exact) mass is 930 g/mol. The van der Waals surface area contributed by atoms with Crippen molar-refractivity contribution in [2.45, 2.75) is 97.6 Å². The summed E-state index contributed by atoms with van der Waals surface area (Å²) in [6.45, 7) is 8.87. The summed E-state index contributed by atoms with van der Waals surface area (Å²) < 4.78 is 18.2. The van der Waals surface area contributed by atoms with Crippen LogP contribution in [0.5, 0.6) is 17.2 Å². The average Bonchev–Trinajstić information content (AvgIpc) is 3.32. The van der Waals surface area contributed by atoms with Gasteiger partial charge in [0.15, 0.2) is 17.3 Å². The van der Waals surface area contributed by atoms with Gasteiger partial charge in [-0.05, 0) is 111 Å². The van der Waals surface area contributed by atoms with Crippen LogP contribution in [-0.4, -0.2) is 91.6 Å². The number of pyridine rings is 1. The molecule has 5 rings (SSSR count). The van der Waals surface area contributed by atoms with Gasteiger partial charge in [0.2, 0.25) is 11.8 Å². The van der Waals surface area contributed by atoms with Crippen LogP contribution in [0, 0.1) is 37.0 Å². The molecule has 7 N–H and O–H groups in total. The first-order valence-corrected chi connectivity index (χ1v) is 23.6. The van der Waals surface area contributed by atoms with E-state index >= 15 is 0 Å². The van der Waals surface area contributed by atoms with E-state index in [4.69, 9.17) is 36.4 Å². The fourth-order valence-corrected chi connectivity index (χ4v) is 8.63. The molecule has 68 heavy (non-hydrogen) atoms. The van der Waals surface area contributed by atoms with Gasteiger partial charge >= 0.3 is 0 Å². The van der Waals surface area contributed by atoms with Crippen molar-refractivity contribution in [3.8, 4) is 45.7 Å². The van der Waals surface area contributed by atoms with Gasteiger partial charge in [0, 0.05) is 85.6 Å². The zero-order valence-corrected chi connectivity index (χ0v) is 40.1. The number of nitrogens with two attached hydrogens (primary N) is 3. The van der Waals surface area contributed by atoms with E-state index in [0.29, 0.717) is 62.9 Å². The highest BCUT2D eigenvalue weighted by Gasteiger charge is 2.36. The number of aromatic nitrogens is 1. The number of fused-ring (bicyclic) bond motifs is 5. The Kier molecular flexibility index (Phi) is 19.8. The Labute approximate surface area is 400 Å². The number of ketones is 3. The highest BCUT2D eigenvalue weighted by atomic mass is 16.5. The molecule has 15 nitrogen and oxygen atoms in total. The lowest BCUT2D eigenvalue weighted by Gasteiger charge is -2.32. The number of unbranched alkanes of at least 4 members (excludes halogenated alkanes) is 2. The summed E-state index contributed by atoms with van der Waals surface area (Å²) in [6.07, 6.45) is 2.86. The Balaban J connectivity index is 1.53. The third-order valence-electron chi connectivity index (χ3n) is 12.2. The molecule has 4 atom stereocenters. The minimum atomic E-state index is -1.24. The van der Waals surface area contributed by atoms with Gasteiger partial charge in [-0.25, -0.2) is 0 Å². The summed E-state index contributed by atoms with van der Waals surface area (Å²) in [5, 5.41) is 12.1. The predicted molar refractivity (Wildman–Crippen MR) is 261 cm³/mol. The highest BCUT2D eigenvalue weighted by molar-refractivity contribution is 6.02. The number of Topliss-reactive ketones (excluding diaryl/α,β-unsaturated/α-hetero) is 3. The van der Waals surface area contributed by atoms with Crippen molar-refractivity contribution in [3.05, 3.63) is 94.7 Å². The summed E-state index contributed by atoms with van der Waals surface area (Å²) in [5.74, 6) is -2.29. The molecule has 3 aromatic carbocycles. The smallest absolute Gasteiger partial charge is 0.226 e. The van der Waals surface area contributed by atoms with Crippen molar-refractivity contribution in [1.82, 2.24) is 15.2 Å². The number of carbonyl (C=O) groups is 5. The Morgan fingerprint density at radius 2 is 1.54 bits per heavy atom. The summed E-state index contributed by atoms with van der Waals surface area (Å²) >= 11 is 0. The van der Waals surface area contributed by atoms with Crippen LogP contribution in [0.15, 0.2) is 66.7 Å². The lowest BCUT2D eigenvalue weighted by Crippen LogP contribution is -2.46. The van der Waals surface area contributed by atoms with Crippen molar-refractivity contribution >= 4 is 29.2 Å². The molecule has 0 saturated heterocycles. The van der Waals surface area contributed by atoms with Crippen LogP contribution in [0.3, 0.4) is 0 Å². The van der Waals surface area contributed by atoms with Gasteiger partial charge in [-0.1, -0.05) is 38.8 Å². The predicted octanol–water partition coefficient (Wildman–Crippen LogP) is 6.52. The van der Waals surface area contributed by atoms with Gasteiger partial charge in [-0.15, -0.1) is 0 Å². The lowest BCUT2D eigenvalue weighted by molar-refractivity contribution is -0.142. The van der Waals surface area contributed by atoms with Crippen molar-refractivity contribution in [3.63, 3.8) is 0 Å². The maximum absolute atomic E-state index is 14.9. The van der Waals surface area contributed by atoms with Crippen LogP contribution in [0.1, 0.15) is 104 Å². The number of hydrogen-bond acceptors (Lipinski definition) is 13. The molecular formula is C53H67N7O8. The Morgan fingerprint density at radius 3 is 2.18 bits per heavy atom. The summed E-state index contributed by atoms with van der Waals surface area (Å²) in [7, 11) is 1.51. The molecule has 0 saturated carbocycles. The number of aryl methyl sites for hydroxylation is 2. The fourth-order valence-electron chi connectivity index (χ4n) is 8.63. The van der Waals surface area contributed by atoms with Crippen LogP contribution in [-0.2, 0) is 25.6 Å². The number of carbonyl (C=O) groups excluding carboxylic acids is 5.